The van der Waals surface area contributed by atoms with Gasteiger partial charge in [-0.25, -0.2) is 0 Å². The van der Waals surface area contributed by atoms with Gasteiger partial charge in [-0.05, 0) is 18.5 Å². The number of thiophene rings is 1. The molecule has 0 aliphatic carbocycles. The summed E-state index contributed by atoms with van der Waals surface area (Å²) in [5.74, 6) is -0.723. The van der Waals surface area contributed by atoms with Crippen LogP contribution in [0.2, 0.25) is 0 Å². The Kier molecular flexibility index (Phi) is 3.28. The molecule has 2 N–H and O–H groups in total. The van der Waals surface area contributed by atoms with E-state index in [1.54, 1.807) is 11.3 Å². The van der Waals surface area contributed by atoms with Gasteiger partial charge >= 0.3 is 5.97 Å². The minimum absolute atomic E-state index is 0.199. The first-order valence-corrected chi connectivity index (χ1v) is 6.16. The zero-order valence-corrected chi connectivity index (χ0v) is 10.1. The largest absolute Gasteiger partial charge is 0.481 e. The second-order valence-corrected chi connectivity index (χ2v) is 5.37. The highest BCUT2D eigenvalue weighted by Gasteiger charge is 2.42. The molecule has 1 aromatic rings. The van der Waals surface area contributed by atoms with Crippen molar-refractivity contribution < 1.29 is 9.90 Å². The molecule has 0 unspecified atom stereocenters. The number of nitrogens with zero attached hydrogens (tertiary/aromatic N) is 1. The molecule has 5 heteroatoms. The maximum atomic E-state index is 10.9. The molecule has 0 bridgehead atoms. The van der Waals surface area contributed by atoms with Crippen molar-refractivity contribution in [3.05, 3.63) is 22.4 Å². The molecule has 16 heavy (non-hydrogen) atoms. The second-order valence-electron chi connectivity index (χ2n) is 4.33. The Hall–Kier alpha value is -0.910. The summed E-state index contributed by atoms with van der Waals surface area (Å²) in [5.41, 5.74) is -0.199. The first kappa shape index (κ1) is 11.6. The van der Waals surface area contributed by atoms with Gasteiger partial charge in [0.1, 0.15) is 0 Å². The van der Waals surface area contributed by atoms with Crippen molar-refractivity contribution in [2.24, 2.45) is 0 Å². The Morgan fingerprint density at radius 2 is 2.44 bits per heavy atom. The van der Waals surface area contributed by atoms with Crippen molar-refractivity contribution in [2.45, 2.75) is 18.5 Å². The van der Waals surface area contributed by atoms with Crippen molar-refractivity contribution in [1.29, 1.82) is 0 Å². The van der Waals surface area contributed by atoms with E-state index in [2.05, 4.69) is 16.3 Å². The van der Waals surface area contributed by atoms with Crippen LogP contribution in [0, 0.1) is 0 Å². The summed E-state index contributed by atoms with van der Waals surface area (Å²) in [7, 11) is 2.00. The zero-order valence-electron chi connectivity index (χ0n) is 9.27. The minimum atomic E-state index is -0.723. The summed E-state index contributed by atoms with van der Waals surface area (Å²) in [5, 5.41) is 14.2. The molecule has 1 aromatic heterocycles. The molecule has 0 amide bonds. The number of rotatable bonds is 5. The Labute approximate surface area is 98.9 Å². The topological polar surface area (TPSA) is 52.6 Å². The third-order valence-electron chi connectivity index (χ3n) is 3.17. The lowest BCUT2D eigenvalue weighted by atomic mass is 9.87. The van der Waals surface area contributed by atoms with Crippen molar-refractivity contribution in [3.8, 4) is 0 Å². The monoisotopic (exact) mass is 240 g/mol. The Bertz CT molecular complexity index is 360. The quantitative estimate of drug-likeness (QED) is 0.806. The summed E-state index contributed by atoms with van der Waals surface area (Å²) in [6.45, 7) is 2.36. The number of carboxylic acids is 1. The lowest BCUT2D eigenvalue weighted by molar-refractivity contribution is -0.141. The molecule has 2 heterocycles. The molecule has 0 saturated carbocycles. The summed E-state index contributed by atoms with van der Waals surface area (Å²) in [6, 6.07) is 4.11. The third kappa shape index (κ3) is 2.26. The molecule has 88 valence electrons. The molecule has 0 spiro atoms. The fourth-order valence-electron chi connectivity index (χ4n) is 2.03. The fourth-order valence-corrected chi connectivity index (χ4v) is 2.79. The van der Waals surface area contributed by atoms with Crippen molar-refractivity contribution in [2.75, 3.05) is 20.1 Å². The van der Waals surface area contributed by atoms with Crippen molar-refractivity contribution >= 4 is 17.3 Å². The van der Waals surface area contributed by atoms with Crippen LogP contribution >= 0.6 is 11.3 Å². The fraction of sp³-hybridized carbons (Fsp3) is 0.545. The molecule has 1 aliphatic rings. The van der Waals surface area contributed by atoms with Gasteiger partial charge in [-0.3, -0.25) is 9.69 Å². The van der Waals surface area contributed by atoms with E-state index in [1.165, 1.54) is 4.88 Å². The summed E-state index contributed by atoms with van der Waals surface area (Å²) in [4.78, 5) is 14.3. The molecule has 0 aromatic carbocycles. The van der Waals surface area contributed by atoms with E-state index >= 15 is 0 Å². The highest BCUT2D eigenvalue weighted by Crippen LogP contribution is 2.26. The van der Waals surface area contributed by atoms with Gasteiger partial charge in [0.25, 0.3) is 0 Å². The number of hydrogen-bond acceptors (Lipinski definition) is 4. The van der Waals surface area contributed by atoms with Crippen LogP contribution in [0.5, 0.6) is 0 Å². The molecule has 0 atom stereocenters. The summed E-state index contributed by atoms with van der Waals surface area (Å²) >= 11 is 1.71. The number of nitrogens with one attached hydrogen (secondary N) is 1. The van der Waals surface area contributed by atoms with Crippen LogP contribution in [0.15, 0.2) is 17.5 Å². The van der Waals surface area contributed by atoms with E-state index in [1.807, 2.05) is 18.5 Å². The van der Waals surface area contributed by atoms with E-state index in [4.69, 9.17) is 5.11 Å². The summed E-state index contributed by atoms with van der Waals surface area (Å²) < 4.78 is 0. The highest BCUT2D eigenvalue weighted by atomic mass is 32.1. The predicted molar refractivity (Wildman–Crippen MR) is 63.6 cm³/mol. The number of hydrogen-bond donors (Lipinski definition) is 2. The molecule has 1 aliphatic heterocycles. The SMILES string of the molecule is CN(Cc1cccs1)C1(CC(=O)O)CNC1. The van der Waals surface area contributed by atoms with Gasteiger partial charge in [0.15, 0.2) is 0 Å². The number of aliphatic carboxylic acids is 1. The maximum absolute atomic E-state index is 10.9. The molecule has 2 rings (SSSR count). The third-order valence-corrected chi connectivity index (χ3v) is 4.03. The van der Waals surface area contributed by atoms with Crippen LogP contribution in [0.1, 0.15) is 11.3 Å². The lowest BCUT2D eigenvalue weighted by Crippen LogP contribution is -2.68. The van der Waals surface area contributed by atoms with E-state index < -0.39 is 5.97 Å². The van der Waals surface area contributed by atoms with Crippen molar-refractivity contribution in [3.63, 3.8) is 0 Å². The maximum Gasteiger partial charge on any atom is 0.305 e. The zero-order chi connectivity index (χ0) is 11.6. The average molecular weight is 240 g/mol. The van der Waals surface area contributed by atoms with Gasteiger partial charge in [0.05, 0.1) is 12.0 Å². The lowest BCUT2D eigenvalue weighted by Gasteiger charge is -2.48. The van der Waals surface area contributed by atoms with Gasteiger partial charge in [-0.15, -0.1) is 11.3 Å². The van der Waals surface area contributed by atoms with Crippen LogP contribution in [-0.4, -0.2) is 41.7 Å². The van der Waals surface area contributed by atoms with Gasteiger partial charge in [0.2, 0.25) is 0 Å². The molecular formula is C11H16N2O2S. The van der Waals surface area contributed by atoms with Crippen LogP contribution in [0.3, 0.4) is 0 Å². The van der Waals surface area contributed by atoms with Crippen LogP contribution in [0.25, 0.3) is 0 Å². The number of likely N-dealkylation sites (N-methyl/N-ethyl adjacent to an activating group) is 1. The molecule has 0 radical (unpaired) electrons. The van der Waals surface area contributed by atoms with Gasteiger partial charge in [-0.2, -0.15) is 0 Å². The van der Waals surface area contributed by atoms with Gasteiger partial charge < -0.3 is 10.4 Å². The van der Waals surface area contributed by atoms with Crippen LogP contribution in [0.4, 0.5) is 0 Å². The first-order valence-electron chi connectivity index (χ1n) is 5.28. The van der Waals surface area contributed by atoms with Crippen LogP contribution < -0.4 is 5.32 Å². The average Bonchev–Trinajstić information content (AvgIpc) is 2.63. The van der Waals surface area contributed by atoms with E-state index in [0.717, 1.165) is 19.6 Å². The highest BCUT2D eigenvalue weighted by molar-refractivity contribution is 7.09. The Balaban J connectivity index is 2.01. The Morgan fingerprint density at radius 1 is 1.69 bits per heavy atom. The second kappa shape index (κ2) is 4.53. The number of carboxylic acid groups (broad SMARTS) is 1. The number of carbonyl (C=O) groups is 1. The van der Waals surface area contributed by atoms with E-state index in [0.29, 0.717) is 0 Å². The standard InChI is InChI=1S/C11H16N2O2S/c1-13(6-9-3-2-4-16-9)11(5-10(14)15)7-12-8-11/h2-4,12H,5-8H2,1H3,(H,14,15). The van der Waals surface area contributed by atoms with Crippen LogP contribution in [-0.2, 0) is 11.3 Å². The normalized spacial score (nSPS) is 18.4. The van der Waals surface area contributed by atoms with Crippen molar-refractivity contribution in [1.82, 2.24) is 10.2 Å². The first-order chi connectivity index (χ1) is 7.62. The molecule has 1 saturated heterocycles. The van der Waals surface area contributed by atoms with E-state index in [9.17, 15) is 4.79 Å². The Morgan fingerprint density at radius 3 is 2.88 bits per heavy atom. The van der Waals surface area contributed by atoms with Gasteiger partial charge in [0, 0.05) is 24.5 Å². The van der Waals surface area contributed by atoms with E-state index in [-0.39, 0.29) is 12.0 Å². The molecule has 1 fully saturated rings. The van der Waals surface area contributed by atoms with Gasteiger partial charge in [-0.1, -0.05) is 6.07 Å². The molecular weight excluding hydrogens is 224 g/mol. The smallest absolute Gasteiger partial charge is 0.305 e. The molecule has 4 nitrogen and oxygen atoms in total. The predicted octanol–water partition coefficient (Wildman–Crippen LogP) is 0.997. The minimum Gasteiger partial charge on any atom is -0.481 e. The summed E-state index contributed by atoms with van der Waals surface area (Å²) in [6.07, 6.45) is 0.210.